The fourth-order valence-corrected chi connectivity index (χ4v) is 2.39. The summed E-state index contributed by atoms with van der Waals surface area (Å²) in [4.78, 5) is 2.00. The van der Waals surface area contributed by atoms with Crippen molar-refractivity contribution >= 4 is 0 Å². The lowest BCUT2D eigenvalue weighted by atomic mass is 10.0. The van der Waals surface area contributed by atoms with Crippen molar-refractivity contribution in [3.63, 3.8) is 0 Å². The van der Waals surface area contributed by atoms with Gasteiger partial charge in [0.2, 0.25) is 0 Å². The van der Waals surface area contributed by atoms with Crippen LogP contribution in [-0.2, 0) is 0 Å². The van der Waals surface area contributed by atoms with Crippen LogP contribution in [-0.4, -0.2) is 53.9 Å². The molecule has 1 heterocycles. The number of β-amino-alcohol motifs (C(OH)–C–C–N with tert-alkyl or cyclic N) is 1. The van der Waals surface area contributed by atoms with Crippen molar-refractivity contribution in [1.82, 2.24) is 10.2 Å². The molecule has 0 radical (unpaired) electrons. The maximum Gasteiger partial charge on any atom is 0.140 e. The zero-order valence-electron chi connectivity index (χ0n) is 11.1. The van der Waals surface area contributed by atoms with Crippen molar-refractivity contribution in [1.29, 1.82) is 5.26 Å². The third kappa shape index (κ3) is 3.32. The van der Waals surface area contributed by atoms with Gasteiger partial charge in [0, 0.05) is 32.2 Å². The van der Waals surface area contributed by atoms with Crippen molar-refractivity contribution in [2.24, 2.45) is 0 Å². The summed E-state index contributed by atoms with van der Waals surface area (Å²) in [6, 6.07) is 5.78. The zero-order valence-corrected chi connectivity index (χ0v) is 11.1. The number of nitrogens with one attached hydrogen (secondary N) is 1. The number of aliphatic hydroxyl groups excluding tert-OH is 2. The molecule has 0 amide bonds. The van der Waals surface area contributed by atoms with Crippen LogP contribution in [0.3, 0.4) is 0 Å². The first-order chi connectivity index (χ1) is 9.65. The molecular weight excluding hydrogens is 261 g/mol. The first-order valence-electron chi connectivity index (χ1n) is 6.59. The molecule has 108 valence electrons. The second-order valence-electron chi connectivity index (χ2n) is 4.90. The average Bonchev–Trinajstić information content (AvgIpc) is 2.48. The summed E-state index contributed by atoms with van der Waals surface area (Å²) in [6.45, 7) is 2.58. The number of hydrogen-bond donors (Lipinski definition) is 3. The molecule has 5 nitrogen and oxygen atoms in total. The fourth-order valence-electron chi connectivity index (χ4n) is 2.39. The topological polar surface area (TPSA) is 79.5 Å². The Labute approximate surface area is 117 Å². The quantitative estimate of drug-likeness (QED) is 0.723. The Morgan fingerprint density at radius 1 is 1.55 bits per heavy atom. The maximum atomic E-state index is 13.3. The van der Waals surface area contributed by atoms with Gasteiger partial charge in [-0.2, -0.15) is 5.26 Å². The molecule has 1 aliphatic heterocycles. The Morgan fingerprint density at radius 3 is 3.05 bits per heavy atom. The molecule has 1 aromatic rings. The molecule has 2 atom stereocenters. The van der Waals surface area contributed by atoms with Crippen LogP contribution in [0.2, 0.25) is 0 Å². The molecule has 1 fully saturated rings. The summed E-state index contributed by atoms with van der Waals surface area (Å²) in [5.41, 5.74) is 0.443. The molecule has 1 aliphatic rings. The number of nitriles is 1. The highest BCUT2D eigenvalue weighted by Crippen LogP contribution is 2.19. The lowest BCUT2D eigenvalue weighted by Crippen LogP contribution is -2.53. The minimum absolute atomic E-state index is 0.0204. The number of halogens is 1. The second kappa shape index (κ2) is 6.77. The van der Waals surface area contributed by atoms with Crippen LogP contribution in [0.25, 0.3) is 0 Å². The van der Waals surface area contributed by atoms with Crippen LogP contribution in [0.5, 0.6) is 0 Å². The van der Waals surface area contributed by atoms with Gasteiger partial charge in [-0.25, -0.2) is 4.39 Å². The van der Waals surface area contributed by atoms with E-state index in [-0.39, 0.29) is 18.2 Å². The number of hydrogen-bond acceptors (Lipinski definition) is 5. The van der Waals surface area contributed by atoms with Gasteiger partial charge in [-0.05, 0) is 17.7 Å². The van der Waals surface area contributed by atoms with Crippen LogP contribution in [0.4, 0.5) is 4.39 Å². The normalized spacial score (nSPS) is 21.4. The van der Waals surface area contributed by atoms with E-state index in [1.807, 2.05) is 4.90 Å². The van der Waals surface area contributed by atoms with Gasteiger partial charge < -0.3 is 15.5 Å². The highest BCUT2D eigenvalue weighted by molar-refractivity contribution is 5.35. The molecule has 1 aromatic carbocycles. The molecule has 20 heavy (non-hydrogen) atoms. The second-order valence-corrected chi connectivity index (χ2v) is 4.90. The van der Waals surface area contributed by atoms with Crippen molar-refractivity contribution in [3.8, 4) is 6.07 Å². The maximum absolute atomic E-state index is 13.3. The van der Waals surface area contributed by atoms with E-state index in [1.54, 1.807) is 6.07 Å². The molecule has 1 saturated heterocycles. The van der Waals surface area contributed by atoms with Crippen LogP contribution in [0.1, 0.15) is 17.2 Å². The summed E-state index contributed by atoms with van der Waals surface area (Å²) >= 11 is 0. The Hall–Kier alpha value is -1.52. The number of benzene rings is 1. The minimum atomic E-state index is -0.810. The van der Waals surface area contributed by atoms with Gasteiger partial charge >= 0.3 is 0 Å². The predicted octanol–water partition coefficient (Wildman–Crippen LogP) is -0.00312. The Morgan fingerprint density at radius 2 is 2.35 bits per heavy atom. The van der Waals surface area contributed by atoms with E-state index in [0.29, 0.717) is 18.7 Å². The molecule has 1 unspecified atom stereocenters. The standard InChI is InChI=1S/C14H18FN3O2/c15-13-2-1-10(5-11(13)6-16)14(20)8-18-4-3-17-7-12(18)9-19/h1-2,5,12,14,17,19-20H,3-4,7-9H2/t12-,14?/m0/s1. The summed E-state index contributed by atoms with van der Waals surface area (Å²) in [5, 5.41) is 31.5. The van der Waals surface area contributed by atoms with Crippen LogP contribution < -0.4 is 5.32 Å². The van der Waals surface area contributed by atoms with Crippen molar-refractivity contribution in [2.75, 3.05) is 32.8 Å². The Balaban J connectivity index is 2.07. The summed E-state index contributed by atoms with van der Waals surface area (Å²) in [6.07, 6.45) is -0.810. The van der Waals surface area contributed by atoms with E-state index in [9.17, 15) is 14.6 Å². The molecule has 6 heteroatoms. The fraction of sp³-hybridized carbons (Fsp3) is 0.500. The SMILES string of the molecule is N#Cc1cc(C(O)CN2CCNC[C@H]2CO)ccc1F. The molecule has 2 rings (SSSR count). The van der Waals surface area contributed by atoms with Gasteiger partial charge in [0.1, 0.15) is 11.9 Å². The van der Waals surface area contributed by atoms with E-state index in [0.717, 1.165) is 13.1 Å². The van der Waals surface area contributed by atoms with Gasteiger partial charge in [-0.3, -0.25) is 4.90 Å². The number of rotatable bonds is 4. The van der Waals surface area contributed by atoms with Gasteiger partial charge in [0.25, 0.3) is 0 Å². The van der Waals surface area contributed by atoms with Crippen LogP contribution in [0.15, 0.2) is 18.2 Å². The minimum Gasteiger partial charge on any atom is -0.395 e. The monoisotopic (exact) mass is 279 g/mol. The smallest absolute Gasteiger partial charge is 0.140 e. The predicted molar refractivity (Wildman–Crippen MR) is 71.4 cm³/mol. The van der Waals surface area contributed by atoms with E-state index in [1.165, 1.54) is 18.2 Å². The van der Waals surface area contributed by atoms with Crippen molar-refractivity contribution in [2.45, 2.75) is 12.1 Å². The van der Waals surface area contributed by atoms with E-state index < -0.39 is 11.9 Å². The summed E-state index contributed by atoms with van der Waals surface area (Å²) in [7, 11) is 0. The average molecular weight is 279 g/mol. The molecule has 0 bridgehead atoms. The number of aliphatic hydroxyl groups is 2. The highest BCUT2D eigenvalue weighted by Gasteiger charge is 2.24. The highest BCUT2D eigenvalue weighted by atomic mass is 19.1. The van der Waals surface area contributed by atoms with Gasteiger partial charge in [-0.15, -0.1) is 0 Å². The van der Waals surface area contributed by atoms with Crippen LogP contribution >= 0.6 is 0 Å². The number of nitrogens with zero attached hydrogens (tertiary/aromatic N) is 2. The van der Waals surface area contributed by atoms with Gasteiger partial charge in [0.15, 0.2) is 0 Å². The zero-order chi connectivity index (χ0) is 14.5. The molecule has 3 N–H and O–H groups in total. The van der Waals surface area contributed by atoms with Crippen molar-refractivity contribution < 1.29 is 14.6 Å². The third-order valence-electron chi connectivity index (χ3n) is 3.59. The summed E-state index contributed by atoms with van der Waals surface area (Å²) in [5.74, 6) is -0.584. The number of piperazine rings is 1. The Kier molecular flexibility index (Phi) is 5.04. The largest absolute Gasteiger partial charge is 0.395 e. The summed E-state index contributed by atoms with van der Waals surface area (Å²) < 4.78 is 13.3. The molecule has 0 aliphatic carbocycles. The third-order valence-corrected chi connectivity index (χ3v) is 3.59. The molecular formula is C14H18FN3O2. The van der Waals surface area contributed by atoms with Gasteiger partial charge in [-0.1, -0.05) is 6.07 Å². The lowest BCUT2D eigenvalue weighted by molar-refractivity contribution is 0.0488. The first kappa shape index (κ1) is 14.9. The molecule has 0 spiro atoms. The lowest BCUT2D eigenvalue weighted by Gasteiger charge is -2.36. The van der Waals surface area contributed by atoms with Gasteiger partial charge in [0.05, 0.1) is 18.3 Å². The molecule has 0 aromatic heterocycles. The van der Waals surface area contributed by atoms with E-state index in [2.05, 4.69) is 5.32 Å². The van der Waals surface area contributed by atoms with E-state index in [4.69, 9.17) is 5.26 Å². The Bertz CT molecular complexity index is 504. The molecule has 0 saturated carbocycles. The first-order valence-corrected chi connectivity index (χ1v) is 6.59. The van der Waals surface area contributed by atoms with E-state index >= 15 is 0 Å². The van der Waals surface area contributed by atoms with Crippen LogP contribution in [0, 0.1) is 17.1 Å². The van der Waals surface area contributed by atoms with Crippen molar-refractivity contribution in [3.05, 3.63) is 35.1 Å².